The van der Waals surface area contributed by atoms with Gasteiger partial charge in [-0.15, -0.1) is 0 Å². The van der Waals surface area contributed by atoms with Gasteiger partial charge < -0.3 is 15.0 Å². The molecule has 2 heterocycles. The predicted octanol–water partition coefficient (Wildman–Crippen LogP) is 5.30. The standard InChI is InChI=1S/C25H24FN3O3S/c1-4-20-22(24(31)32-3)23(19-8-6-5-7-15(19)2)29-18(14-33-25(29)28-20)13-21(30)27-17-11-9-16(26)10-12-17/h5-12,14,23H,4,13H2,1-3H3,(H,27,30). The van der Waals surface area contributed by atoms with Crippen LogP contribution in [0.25, 0.3) is 0 Å². The van der Waals surface area contributed by atoms with Crippen LogP contribution in [0, 0.1) is 12.7 Å². The lowest BCUT2D eigenvalue weighted by atomic mass is 9.90. The molecule has 2 aliphatic heterocycles. The number of rotatable bonds is 6. The summed E-state index contributed by atoms with van der Waals surface area (Å²) in [7, 11) is 1.36. The van der Waals surface area contributed by atoms with Crippen LogP contribution < -0.4 is 5.32 Å². The third-order valence-electron chi connectivity index (χ3n) is 5.58. The van der Waals surface area contributed by atoms with E-state index in [9.17, 15) is 14.0 Å². The monoisotopic (exact) mass is 465 g/mol. The van der Waals surface area contributed by atoms with Crippen LogP contribution in [0.3, 0.4) is 0 Å². The molecule has 33 heavy (non-hydrogen) atoms. The minimum absolute atomic E-state index is 0.0711. The molecule has 4 rings (SSSR count). The zero-order chi connectivity index (χ0) is 23.5. The van der Waals surface area contributed by atoms with Crippen LogP contribution in [-0.4, -0.2) is 29.1 Å². The van der Waals surface area contributed by atoms with Crippen LogP contribution in [0.1, 0.15) is 36.9 Å². The van der Waals surface area contributed by atoms with Crippen molar-refractivity contribution in [3.63, 3.8) is 0 Å². The van der Waals surface area contributed by atoms with Crippen molar-refractivity contribution < 1.29 is 18.7 Å². The molecular formula is C25H24FN3O3S. The number of benzene rings is 2. The summed E-state index contributed by atoms with van der Waals surface area (Å²) in [5.74, 6) is -1.05. The molecule has 1 amide bonds. The van der Waals surface area contributed by atoms with Gasteiger partial charge in [-0.05, 0) is 54.1 Å². The van der Waals surface area contributed by atoms with Crippen molar-refractivity contribution >= 4 is 34.5 Å². The maximum absolute atomic E-state index is 13.2. The van der Waals surface area contributed by atoms with Gasteiger partial charge in [-0.3, -0.25) is 4.79 Å². The van der Waals surface area contributed by atoms with Crippen molar-refractivity contribution in [2.45, 2.75) is 32.7 Å². The summed E-state index contributed by atoms with van der Waals surface area (Å²) in [6, 6.07) is 13.0. The number of nitrogens with zero attached hydrogens (tertiary/aromatic N) is 2. The second-order valence-corrected chi connectivity index (χ2v) is 8.52. The van der Waals surface area contributed by atoms with E-state index in [1.807, 2.05) is 48.4 Å². The van der Waals surface area contributed by atoms with E-state index in [4.69, 9.17) is 9.73 Å². The van der Waals surface area contributed by atoms with Gasteiger partial charge in [0.1, 0.15) is 5.82 Å². The molecule has 0 radical (unpaired) electrons. The van der Waals surface area contributed by atoms with Crippen LogP contribution in [0.15, 0.2) is 75.9 Å². The van der Waals surface area contributed by atoms with E-state index in [1.54, 1.807) is 0 Å². The van der Waals surface area contributed by atoms with E-state index in [0.717, 1.165) is 22.0 Å². The van der Waals surface area contributed by atoms with E-state index in [1.165, 1.54) is 43.1 Å². The van der Waals surface area contributed by atoms with Crippen molar-refractivity contribution in [1.82, 2.24) is 4.90 Å². The first kappa shape index (κ1) is 22.8. The number of hydrogen-bond acceptors (Lipinski definition) is 6. The van der Waals surface area contributed by atoms with E-state index in [0.29, 0.717) is 23.4 Å². The number of amides is 1. The number of halogens is 1. The summed E-state index contributed by atoms with van der Waals surface area (Å²) >= 11 is 1.43. The summed E-state index contributed by atoms with van der Waals surface area (Å²) in [5.41, 5.74) is 4.36. The van der Waals surface area contributed by atoms with Crippen LogP contribution in [0.4, 0.5) is 10.1 Å². The van der Waals surface area contributed by atoms with E-state index in [2.05, 4.69) is 5.32 Å². The Bertz CT molecular complexity index is 1190. The van der Waals surface area contributed by atoms with Gasteiger partial charge >= 0.3 is 5.97 Å². The Morgan fingerprint density at radius 2 is 1.91 bits per heavy atom. The number of ether oxygens (including phenoxy) is 1. The third kappa shape index (κ3) is 4.57. The molecule has 0 bridgehead atoms. The van der Waals surface area contributed by atoms with E-state index >= 15 is 0 Å². The average Bonchev–Trinajstić information content (AvgIpc) is 3.21. The summed E-state index contributed by atoms with van der Waals surface area (Å²) in [5, 5.41) is 5.41. The van der Waals surface area contributed by atoms with Gasteiger partial charge in [-0.2, -0.15) is 0 Å². The fraction of sp³-hybridized carbons (Fsp3) is 0.240. The van der Waals surface area contributed by atoms with E-state index in [-0.39, 0.29) is 18.1 Å². The van der Waals surface area contributed by atoms with Crippen LogP contribution in [-0.2, 0) is 14.3 Å². The Hall–Kier alpha value is -3.39. The molecular weight excluding hydrogens is 441 g/mol. The average molecular weight is 466 g/mol. The number of allylic oxidation sites excluding steroid dienone is 1. The van der Waals surface area contributed by atoms with Crippen LogP contribution >= 0.6 is 11.8 Å². The summed E-state index contributed by atoms with van der Waals surface area (Å²) in [4.78, 5) is 32.4. The minimum atomic E-state index is -0.457. The molecule has 1 unspecified atom stereocenters. The number of anilines is 1. The zero-order valence-electron chi connectivity index (χ0n) is 18.6. The second-order valence-electron chi connectivity index (χ2n) is 7.69. The van der Waals surface area contributed by atoms with Crippen molar-refractivity contribution in [3.8, 4) is 0 Å². The number of hydrogen-bond donors (Lipinski definition) is 1. The van der Waals surface area contributed by atoms with Crippen LogP contribution in [0.2, 0.25) is 0 Å². The number of carbonyl (C=O) groups excluding carboxylic acids is 2. The molecule has 0 aromatic heterocycles. The van der Waals surface area contributed by atoms with Gasteiger partial charge in [0.2, 0.25) is 5.91 Å². The molecule has 0 aliphatic carbocycles. The number of carbonyl (C=O) groups is 2. The number of fused-ring (bicyclic) bond motifs is 1. The number of methoxy groups -OCH3 is 1. The van der Waals surface area contributed by atoms with Crippen molar-refractivity contribution in [2.75, 3.05) is 12.4 Å². The summed E-state index contributed by atoms with van der Waals surface area (Å²) in [6.07, 6.45) is 0.646. The zero-order valence-corrected chi connectivity index (χ0v) is 19.4. The maximum atomic E-state index is 13.2. The molecule has 2 aliphatic rings. The highest BCUT2D eigenvalue weighted by Crippen LogP contribution is 2.46. The molecule has 0 fully saturated rings. The van der Waals surface area contributed by atoms with Gasteiger partial charge in [0.05, 0.1) is 30.8 Å². The molecule has 0 saturated heterocycles. The van der Waals surface area contributed by atoms with Gasteiger partial charge in [0.15, 0.2) is 5.17 Å². The van der Waals surface area contributed by atoms with Crippen molar-refractivity contribution in [3.05, 3.63) is 87.9 Å². The Kier molecular flexibility index (Phi) is 6.65. The highest BCUT2D eigenvalue weighted by atomic mass is 32.2. The van der Waals surface area contributed by atoms with Gasteiger partial charge in [-0.1, -0.05) is 43.0 Å². The lowest BCUT2D eigenvalue weighted by Gasteiger charge is -2.37. The molecule has 1 atom stereocenters. The number of amidine groups is 1. The number of thioether (sulfide) groups is 1. The first-order chi connectivity index (χ1) is 15.9. The molecule has 6 nitrogen and oxygen atoms in total. The maximum Gasteiger partial charge on any atom is 0.338 e. The number of nitrogens with one attached hydrogen (secondary N) is 1. The Morgan fingerprint density at radius 1 is 1.18 bits per heavy atom. The molecule has 0 saturated carbocycles. The lowest BCUT2D eigenvalue weighted by molar-refractivity contribution is -0.136. The third-order valence-corrected chi connectivity index (χ3v) is 6.47. The van der Waals surface area contributed by atoms with Crippen LogP contribution in [0.5, 0.6) is 0 Å². The summed E-state index contributed by atoms with van der Waals surface area (Å²) in [6.45, 7) is 3.95. The Morgan fingerprint density at radius 3 is 2.58 bits per heavy atom. The fourth-order valence-electron chi connectivity index (χ4n) is 4.00. The summed E-state index contributed by atoms with van der Waals surface area (Å²) < 4.78 is 18.3. The van der Waals surface area contributed by atoms with Crippen molar-refractivity contribution in [2.24, 2.45) is 4.99 Å². The molecule has 1 N–H and O–H groups in total. The highest BCUT2D eigenvalue weighted by Gasteiger charge is 2.41. The fourth-order valence-corrected chi connectivity index (χ4v) is 4.94. The topological polar surface area (TPSA) is 71.0 Å². The second kappa shape index (κ2) is 9.62. The van der Waals surface area contributed by atoms with E-state index < -0.39 is 12.0 Å². The first-order valence-corrected chi connectivity index (χ1v) is 11.5. The quantitative estimate of drug-likeness (QED) is 0.586. The smallest absolute Gasteiger partial charge is 0.338 e. The molecule has 170 valence electrons. The first-order valence-electron chi connectivity index (χ1n) is 10.6. The highest BCUT2D eigenvalue weighted by molar-refractivity contribution is 8.16. The number of aliphatic imine (C=N–C) groups is 1. The normalized spacial score (nSPS) is 17.3. The SMILES string of the molecule is CCC1=C(C(=O)OC)C(c2ccccc2C)N2C(CC(=O)Nc3ccc(F)cc3)=CSC2=N1. The number of esters is 1. The number of aryl methyl sites for hydroxylation is 1. The minimum Gasteiger partial charge on any atom is -0.466 e. The molecule has 2 aromatic carbocycles. The Balaban J connectivity index is 1.69. The lowest BCUT2D eigenvalue weighted by Crippen LogP contribution is -2.37. The Labute approximate surface area is 196 Å². The predicted molar refractivity (Wildman–Crippen MR) is 128 cm³/mol. The molecule has 0 spiro atoms. The van der Waals surface area contributed by atoms with Gasteiger partial charge in [0.25, 0.3) is 0 Å². The largest absolute Gasteiger partial charge is 0.466 e. The van der Waals surface area contributed by atoms with Gasteiger partial charge in [-0.25, -0.2) is 14.2 Å². The van der Waals surface area contributed by atoms with Crippen molar-refractivity contribution in [1.29, 1.82) is 0 Å². The molecule has 2 aromatic rings. The molecule has 8 heteroatoms. The van der Waals surface area contributed by atoms with Gasteiger partial charge in [0, 0.05) is 11.4 Å².